The molecule has 1 aromatic heterocycles. The molecule has 4 N–H and O–H groups in total. The molecule has 2 aromatic carbocycles. The minimum absolute atomic E-state index is 0.158. The van der Waals surface area contributed by atoms with Crippen LogP contribution in [0, 0.1) is 6.92 Å². The summed E-state index contributed by atoms with van der Waals surface area (Å²) >= 11 is 0. The van der Waals surface area contributed by atoms with Crippen LogP contribution in [0.25, 0.3) is 5.57 Å². The number of carbonyl (C=O) groups is 1. The molecule has 1 aliphatic rings. The maximum absolute atomic E-state index is 12.6. The van der Waals surface area contributed by atoms with Crippen LogP contribution < -0.4 is 21.1 Å². The number of aryl methyl sites for hydroxylation is 2. The highest BCUT2D eigenvalue weighted by atomic mass is 16.5. The van der Waals surface area contributed by atoms with Crippen molar-refractivity contribution in [3.63, 3.8) is 0 Å². The highest BCUT2D eigenvalue weighted by molar-refractivity contribution is 6.33. The average molecular weight is 514 g/mol. The lowest BCUT2D eigenvalue weighted by Crippen LogP contribution is -2.31. The summed E-state index contributed by atoms with van der Waals surface area (Å²) in [5.74, 6) is 0.754. The molecule has 1 aliphatic carbocycles. The topological polar surface area (TPSA) is 118 Å². The van der Waals surface area contributed by atoms with E-state index >= 15 is 0 Å². The Hall–Kier alpha value is -4.24. The summed E-state index contributed by atoms with van der Waals surface area (Å²) in [4.78, 5) is 28.6. The molecule has 0 fully saturated rings. The largest absolute Gasteiger partial charge is 0.495 e. The number of aromatic nitrogens is 2. The van der Waals surface area contributed by atoms with E-state index in [2.05, 4.69) is 39.7 Å². The van der Waals surface area contributed by atoms with Crippen LogP contribution in [-0.2, 0) is 6.42 Å². The molecular formula is C29H35N7O2. The molecule has 1 heterocycles. The fourth-order valence-corrected chi connectivity index (χ4v) is 4.43. The normalized spacial score (nSPS) is 13.4. The van der Waals surface area contributed by atoms with Crippen molar-refractivity contribution in [2.45, 2.75) is 19.8 Å². The van der Waals surface area contributed by atoms with E-state index in [1.165, 1.54) is 0 Å². The van der Waals surface area contributed by atoms with Gasteiger partial charge in [-0.15, -0.1) is 0 Å². The smallest absolute Gasteiger partial charge is 0.251 e. The van der Waals surface area contributed by atoms with Gasteiger partial charge in [-0.25, -0.2) is 9.97 Å². The van der Waals surface area contributed by atoms with Crippen LogP contribution in [0.1, 0.15) is 39.2 Å². The first-order valence-electron chi connectivity index (χ1n) is 12.6. The number of rotatable bonds is 9. The van der Waals surface area contributed by atoms with E-state index in [1.54, 1.807) is 32.4 Å². The molecule has 198 valence electrons. The van der Waals surface area contributed by atoms with Crippen LogP contribution in [0.2, 0.25) is 0 Å². The van der Waals surface area contributed by atoms with Gasteiger partial charge in [0, 0.05) is 48.7 Å². The highest BCUT2D eigenvalue weighted by Gasteiger charge is 2.25. The zero-order chi connectivity index (χ0) is 27.2. The molecule has 38 heavy (non-hydrogen) atoms. The predicted octanol–water partition coefficient (Wildman–Crippen LogP) is 3.56. The quantitative estimate of drug-likeness (QED) is 0.375. The lowest BCUT2D eigenvalue weighted by molar-refractivity contribution is 0.0950. The summed E-state index contributed by atoms with van der Waals surface area (Å²) in [7, 11) is 7.27. The Morgan fingerprint density at radius 2 is 1.97 bits per heavy atom. The van der Waals surface area contributed by atoms with Crippen LogP contribution >= 0.6 is 0 Å². The third-order valence-electron chi connectivity index (χ3n) is 6.50. The van der Waals surface area contributed by atoms with Crippen molar-refractivity contribution < 1.29 is 9.53 Å². The lowest BCUT2D eigenvalue weighted by atomic mass is 9.87. The highest BCUT2D eigenvalue weighted by Crippen LogP contribution is 2.33. The molecule has 0 atom stereocenters. The molecule has 0 saturated heterocycles. The van der Waals surface area contributed by atoms with Gasteiger partial charge in [-0.2, -0.15) is 0 Å². The molecule has 3 aromatic rings. The number of amides is 1. The Kier molecular flexibility index (Phi) is 8.38. The third-order valence-corrected chi connectivity index (χ3v) is 6.50. The number of aliphatic imine (C=N–C) groups is 1. The Bertz CT molecular complexity index is 1400. The number of fused-ring (bicyclic) bond motifs is 1. The number of benzene rings is 2. The summed E-state index contributed by atoms with van der Waals surface area (Å²) in [6.07, 6.45) is 3.31. The molecule has 0 radical (unpaired) electrons. The van der Waals surface area contributed by atoms with E-state index in [1.807, 2.05) is 37.3 Å². The second-order valence-corrected chi connectivity index (χ2v) is 9.45. The Balaban J connectivity index is 1.63. The SMILES string of the molecule is CN=C(C1=C(N)CCc2cnc(Nc3ccc(C(=O)NCCN(C)C)cc3OC)nc21)c1ccccc1C. The molecule has 9 nitrogen and oxygen atoms in total. The minimum Gasteiger partial charge on any atom is -0.495 e. The van der Waals surface area contributed by atoms with Crippen LogP contribution in [-0.4, -0.2) is 67.8 Å². The van der Waals surface area contributed by atoms with Crippen LogP contribution in [0.15, 0.2) is 59.4 Å². The summed E-state index contributed by atoms with van der Waals surface area (Å²) in [5, 5.41) is 6.17. The maximum Gasteiger partial charge on any atom is 0.251 e. The van der Waals surface area contributed by atoms with Crippen LogP contribution in [0.5, 0.6) is 5.75 Å². The van der Waals surface area contributed by atoms with Crippen molar-refractivity contribution in [2.75, 3.05) is 46.7 Å². The number of ether oxygens (including phenoxy) is 1. The van der Waals surface area contributed by atoms with Crippen LogP contribution in [0.4, 0.5) is 11.6 Å². The first-order valence-corrected chi connectivity index (χ1v) is 12.6. The fourth-order valence-electron chi connectivity index (χ4n) is 4.43. The number of nitrogens with one attached hydrogen (secondary N) is 2. The molecular weight excluding hydrogens is 478 g/mol. The number of methoxy groups -OCH3 is 1. The molecule has 0 saturated carbocycles. The van der Waals surface area contributed by atoms with Crippen molar-refractivity contribution in [1.29, 1.82) is 0 Å². The molecule has 4 rings (SSSR count). The molecule has 0 spiro atoms. The van der Waals surface area contributed by atoms with E-state index in [0.717, 1.165) is 58.8 Å². The molecule has 9 heteroatoms. The van der Waals surface area contributed by atoms with E-state index < -0.39 is 0 Å². The second kappa shape index (κ2) is 11.9. The molecule has 0 unspecified atom stereocenters. The third kappa shape index (κ3) is 5.84. The lowest BCUT2D eigenvalue weighted by Gasteiger charge is -2.23. The van der Waals surface area contributed by atoms with Gasteiger partial charge in [0.05, 0.1) is 24.2 Å². The van der Waals surface area contributed by atoms with E-state index in [0.29, 0.717) is 29.5 Å². The summed E-state index contributed by atoms with van der Waals surface area (Å²) in [6, 6.07) is 13.4. The van der Waals surface area contributed by atoms with Crippen molar-refractivity contribution in [1.82, 2.24) is 20.2 Å². The standard InChI is InChI=1S/C29H35N7O2/c1-18-8-6-7-9-21(18)27(31-2)25-22(30)12-10-20-17-33-29(35-26(20)25)34-23-13-11-19(16-24(23)38-5)28(37)32-14-15-36(3)4/h6-9,11,13,16-17H,10,12,14-15,30H2,1-5H3,(H,32,37)(H,33,34,35). The number of carbonyl (C=O) groups excluding carboxylic acids is 1. The Labute approximate surface area is 223 Å². The number of nitrogens with zero attached hydrogens (tertiary/aromatic N) is 4. The summed E-state index contributed by atoms with van der Waals surface area (Å²) in [5.41, 5.74) is 14.1. The summed E-state index contributed by atoms with van der Waals surface area (Å²) < 4.78 is 5.57. The number of hydrogen-bond donors (Lipinski definition) is 3. The van der Waals surface area contributed by atoms with Crippen LogP contribution in [0.3, 0.4) is 0 Å². The zero-order valence-corrected chi connectivity index (χ0v) is 22.6. The monoisotopic (exact) mass is 513 g/mol. The molecule has 0 bridgehead atoms. The number of likely N-dealkylation sites (N-methyl/N-ethyl adjacent to an activating group) is 1. The minimum atomic E-state index is -0.158. The van der Waals surface area contributed by atoms with Crippen molar-refractivity contribution in [3.8, 4) is 5.75 Å². The van der Waals surface area contributed by atoms with Gasteiger partial charge in [0.1, 0.15) is 5.75 Å². The van der Waals surface area contributed by atoms with Crippen molar-refractivity contribution >= 4 is 28.8 Å². The molecule has 1 amide bonds. The first kappa shape index (κ1) is 26.8. The number of hydrogen-bond acceptors (Lipinski definition) is 8. The first-order chi connectivity index (χ1) is 18.3. The zero-order valence-electron chi connectivity index (χ0n) is 22.6. The van der Waals surface area contributed by atoms with Gasteiger partial charge < -0.3 is 26.0 Å². The summed E-state index contributed by atoms with van der Waals surface area (Å²) in [6.45, 7) is 3.38. The van der Waals surface area contributed by atoms with Gasteiger partial charge in [-0.1, -0.05) is 24.3 Å². The number of nitrogens with two attached hydrogens (primary N) is 1. The van der Waals surface area contributed by atoms with Crippen molar-refractivity contribution in [2.24, 2.45) is 10.7 Å². The maximum atomic E-state index is 12.6. The van der Waals surface area contributed by atoms with Gasteiger partial charge in [0.15, 0.2) is 0 Å². The average Bonchev–Trinajstić information content (AvgIpc) is 2.91. The fraction of sp³-hybridized carbons (Fsp3) is 0.310. The van der Waals surface area contributed by atoms with Gasteiger partial charge in [0.25, 0.3) is 5.91 Å². The number of allylic oxidation sites excluding steroid dienone is 2. The Morgan fingerprint density at radius 3 is 2.68 bits per heavy atom. The van der Waals surface area contributed by atoms with Gasteiger partial charge in [0.2, 0.25) is 5.95 Å². The predicted molar refractivity (Wildman–Crippen MR) is 152 cm³/mol. The van der Waals surface area contributed by atoms with E-state index in [-0.39, 0.29) is 5.91 Å². The van der Waals surface area contributed by atoms with E-state index in [4.69, 9.17) is 15.5 Å². The molecule has 0 aliphatic heterocycles. The Morgan fingerprint density at radius 1 is 1.18 bits per heavy atom. The number of anilines is 2. The van der Waals surface area contributed by atoms with Gasteiger partial charge in [-0.05, 0) is 63.2 Å². The van der Waals surface area contributed by atoms with Gasteiger partial charge in [-0.3, -0.25) is 9.79 Å². The van der Waals surface area contributed by atoms with E-state index in [9.17, 15) is 4.79 Å². The van der Waals surface area contributed by atoms with Crippen molar-refractivity contribution in [3.05, 3.63) is 82.3 Å². The second-order valence-electron chi connectivity index (χ2n) is 9.45. The van der Waals surface area contributed by atoms with Gasteiger partial charge >= 0.3 is 0 Å².